The van der Waals surface area contributed by atoms with E-state index in [1.807, 2.05) is 0 Å². The first-order valence-electron chi connectivity index (χ1n) is 7.41. The van der Waals surface area contributed by atoms with E-state index in [0.29, 0.717) is 17.9 Å². The number of ether oxygens (including phenoxy) is 1. The van der Waals surface area contributed by atoms with E-state index in [1.165, 1.54) is 25.7 Å². The third-order valence-electron chi connectivity index (χ3n) is 3.83. The number of hydrogen-bond acceptors (Lipinski definition) is 4. The third kappa shape index (κ3) is 5.30. The Morgan fingerprint density at radius 3 is 3.00 bits per heavy atom. The van der Waals surface area contributed by atoms with Gasteiger partial charge < -0.3 is 15.4 Å². The standard InChI is InChI=1S/C14H27N3O.BrH/c1-11(2)13-12(6-5-9-18-13)10-17-14-15-7-3-4-8-16-14;/h11-13H,3-10H2,1-2H3,(H2,15,16,17);1H. The molecule has 2 atom stereocenters. The molecule has 1 saturated heterocycles. The molecular weight excluding hydrogens is 306 g/mol. The van der Waals surface area contributed by atoms with Gasteiger partial charge in [0.2, 0.25) is 0 Å². The molecular formula is C14H28BrN3O. The summed E-state index contributed by atoms with van der Waals surface area (Å²) in [6.45, 7) is 8.41. The van der Waals surface area contributed by atoms with E-state index in [4.69, 9.17) is 4.74 Å². The van der Waals surface area contributed by atoms with E-state index < -0.39 is 0 Å². The zero-order valence-corrected chi connectivity index (χ0v) is 13.9. The molecule has 2 heterocycles. The molecule has 2 aliphatic rings. The maximum atomic E-state index is 5.92. The van der Waals surface area contributed by atoms with Crippen LogP contribution in [0, 0.1) is 11.8 Å². The van der Waals surface area contributed by atoms with Gasteiger partial charge >= 0.3 is 0 Å². The van der Waals surface area contributed by atoms with Gasteiger partial charge in [-0.1, -0.05) is 13.8 Å². The van der Waals surface area contributed by atoms with Crippen molar-refractivity contribution in [1.82, 2.24) is 10.6 Å². The van der Waals surface area contributed by atoms with E-state index in [-0.39, 0.29) is 17.0 Å². The first-order valence-corrected chi connectivity index (χ1v) is 7.41. The summed E-state index contributed by atoms with van der Waals surface area (Å²) in [4.78, 5) is 4.53. The quantitative estimate of drug-likeness (QED) is 0.833. The van der Waals surface area contributed by atoms with Crippen LogP contribution in [0.5, 0.6) is 0 Å². The Kier molecular flexibility index (Phi) is 7.76. The molecule has 19 heavy (non-hydrogen) atoms. The zero-order chi connectivity index (χ0) is 12.8. The Bertz CT molecular complexity index is 284. The number of aliphatic imine (C=N–C) groups is 1. The summed E-state index contributed by atoms with van der Waals surface area (Å²) in [5.41, 5.74) is 0. The van der Waals surface area contributed by atoms with E-state index in [9.17, 15) is 0 Å². The number of guanidine groups is 1. The molecule has 0 aromatic heterocycles. The average molecular weight is 334 g/mol. The number of halogens is 1. The Labute approximate surface area is 127 Å². The molecule has 0 spiro atoms. The highest BCUT2D eigenvalue weighted by Gasteiger charge is 2.28. The first-order chi connectivity index (χ1) is 8.77. The minimum absolute atomic E-state index is 0. The van der Waals surface area contributed by atoms with Gasteiger partial charge in [0.15, 0.2) is 5.96 Å². The summed E-state index contributed by atoms with van der Waals surface area (Å²) in [6.07, 6.45) is 5.27. The van der Waals surface area contributed by atoms with Gasteiger partial charge in [-0.25, -0.2) is 0 Å². The maximum absolute atomic E-state index is 5.92. The molecule has 0 bridgehead atoms. The zero-order valence-electron chi connectivity index (χ0n) is 12.2. The second-order valence-electron chi connectivity index (χ2n) is 5.73. The third-order valence-corrected chi connectivity index (χ3v) is 3.83. The molecule has 5 heteroatoms. The van der Waals surface area contributed by atoms with Gasteiger partial charge in [0, 0.05) is 32.2 Å². The van der Waals surface area contributed by atoms with Gasteiger partial charge in [-0.3, -0.25) is 4.99 Å². The van der Waals surface area contributed by atoms with Crippen LogP contribution in [0.1, 0.15) is 39.5 Å². The van der Waals surface area contributed by atoms with Crippen LogP contribution in [0.2, 0.25) is 0 Å². The molecule has 0 amide bonds. The summed E-state index contributed by atoms with van der Waals surface area (Å²) >= 11 is 0. The minimum atomic E-state index is 0. The molecule has 0 aliphatic carbocycles. The van der Waals surface area contributed by atoms with E-state index >= 15 is 0 Å². The van der Waals surface area contributed by atoms with Crippen molar-refractivity contribution in [2.75, 3.05) is 26.2 Å². The summed E-state index contributed by atoms with van der Waals surface area (Å²) in [5, 5.41) is 6.84. The van der Waals surface area contributed by atoms with Crippen molar-refractivity contribution in [3.8, 4) is 0 Å². The first kappa shape index (κ1) is 16.8. The van der Waals surface area contributed by atoms with Gasteiger partial charge in [0.05, 0.1) is 6.10 Å². The number of nitrogens with zero attached hydrogens (tertiary/aromatic N) is 1. The van der Waals surface area contributed by atoms with Gasteiger partial charge in [-0.2, -0.15) is 0 Å². The molecule has 2 N–H and O–H groups in total. The van der Waals surface area contributed by atoms with Crippen LogP contribution in [0.3, 0.4) is 0 Å². The fraction of sp³-hybridized carbons (Fsp3) is 0.929. The van der Waals surface area contributed by atoms with Crippen LogP contribution >= 0.6 is 17.0 Å². The van der Waals surface area contributed by atoms with Crippen molar-refractivity contribution in [3.05, 3.63) is 0 Å². The van der Waals surface area contributed by atoms with Gasteiger partial charge in [0.1, 0.15) is 0 Å². The molecule has 4 nitrogen and oxygen atoms in total. The molecule has 2 unspecified atom stereocenters. The van der Waals surface area contributed by atoms with Crippen molar-refractivity contribution in [2.24, 2.45) is 16.8 Å². The van der Waals surface area contributed by atoms with Crippen LogP contribution in [0.15, 0.2) is 4.99 Å². The lowest BCUT2D eigenvalue weighted by atomic mass is 9.87. The summed E-state index contributed by atoms with van der Waals surface area (Å²) < 4.78 is 5.92. The van der Waals surface area contributed by atoms with Crippen molar-refractivity contribution < 1.29 is 4.74 Å². The predicted octanol–water partition coefficient (Wildman–Crippen LogP) is 2.34. The van der Waals surface area contributed by atoms with Gasteiger partial charge in [-0.05, 0) is 31.6 Å². The highest BCUT2D eigenvalue weighted by atomic mass is 79.9. The summed E-state index contributed by atoms with van der Waals surface area (Å²) in [7, 11) is 0. The van der Waals surface area contributed by atoms with Crippen LogP contribution in [0.4, 0.5) is 0 Å². The molecule has 1 fully saturated rings. The number of rotatable bonds is 3. The Balaban J connectivity index is 0.00000180. The van der Waals surface area contributed by atoms with E-state index in [1.54, 1.807) is 0 Å². The van der Waals surface area contributed by atoms with Gasteiger partial charge in [0.25, 0.3) is 0 Å². The van der Waals surface area contributed by atoms with Crippen molar-refractivity contribution in [2.45, 2.75) is 45.6 Å². The largest absolute Gasteiger partial charge is 0.378 e. The monoisotopic (exact) mass is 333 g/mol. The Hall–Kier alpha value is -0.290. The number of nitrogens with one attached hydrogen (secondary N) is 2. The molecule has 0 radical (unpaired) electrons. The molecule has 2 aliphatic heterocycles. The van der Waals surface area contributed by atoms with Crippen LogP contribution in [-0.4, -0.2) is 38.3 Å². The fourth-order valence-electron chi connectivity index (χ4n) is 2.86. The average Bonchev–Trinajstić information content (AvgIpc) is 2.65. The van der Waals surface area contributed by atoms with E-state index in [0.717, 1.165) is 32.2 Å². The molecule has 2 rings (SSSR count). The van der Waals surface area contributed by atoms with Crippen molar-refractivity contribution >= 4 is 22.9 Å². The molecule has 0 aromatic carbocycles. The van der Waals surface area contributed by atoms with Crippen LogP contribution in [0.25, 0.3) is 0 Å². The predicted molar refractivity (Wildman–Crippen MR) is 85.2 cm³/mol. The summed E-state index contributed by atoms with van der Waals surface area (Å²) in [5.74, 6) is 2.20. The lowest BCUT2D eigenvalue weighted by Gasteiger charge is -2.34. The van der Waals surface area contributed by atoms with Crippen LogP contribution < -0.4 is 10.6 Å². The minimum Gasteiger partial charge on any atom is -0.378 e. The second-order valence-corrected chi connectivity index (χ2v) is 5.73. The van der Waals surface area contributed by atoms with Gasteiger partial charge in [-0.15, -0.1) is 17.0 Å². The molecule has 0 saturated carbocycles. The lowest BCUT2D eigenvalue weighted by Crippen LogP contribution is -2.45. The Morgan fingerprint density at radius 2 is 2.21 bits per heavy atom. The molecule has 0 aromatic rings. The fourth-order valence-corrected chi connectivity index (χ4v) is 2.86. The van der Waals surface area contributed by atoms with Crippen molar-refractivity contribution in [3.63, 3.8) is 0 Å². The Morgan fingerprint density at radius 1 is 1.37 bits per heavy atom. The van der Waals surface area contributed by atoms with Crippen molar-refractivity contribution in [1.29, 1.82) is 0 Å². The lowest BCUT2D eigenvalue weighted by molar-refractivity contribution is -0.0505. The normalized spacial score (nSPS) is 27.8. The highest BCUT2D eigenvalue weighted by Crippen LogP contribution is 2.25. The number of hydrogen-bond donors (Lipinski definition) is 2. The SMILES string of the molecule is Br.CC(C)C1OCCCC1CNC1=NCCCCN1. The summed E-state index contributed by atoms with van der Waals surface area (Å²) in [6, 6.07) is 0. The van der Waals surface area contributed by atoms with E-state index in [2.05, 4.69) is 29.5 Å². The molecule has 112 valence electrons. The van der Waals surface area contributed by atoms with Crippen LogP contribution in [-0.2, 0) is 4.74 Å². The maximum Gasteiger partial charge on any atom is 0.191 e. The topological polar surface area (TPSA) is 45.6 Å². The highest BCUT2D eigenvalue weighted by molar-refractivity contribution is 8.93. The smallest absolute Gasteiger partial charge is 0.191 e. The second kappa shape index (κ2) is 8.80.